The molecule has 1 N–H and O–H groups in total. The van der Waals surface area contributed by atoms with Gasteiger partial charge in [-0.15, -0.1) is 0 Å². The van der Waals surface area contributed by atoms with Crippen LogP contribution in [0.1, 0.15) is 0 Å². The summed E-state index contributed by atoms with van der Waals surface area (Å²) in [6.45, 7) is 0. The minimum absolute atomic E-state index is 0.233. The van der Waals surface area contributed by atoms with Crippen LogP contribution in [-0.2, 0) is 0 Å². The molecule has 0 amide bonds. The monoisotopic (exact) mass is 381 g/mol. The van der Waals surface area contributed by atoms with Crippen molar-refractivity contribution < 1.29 is 9.50 Å². The van der Waals surface area contributed by atoms with Crippen LogP contribution in [0.25, 0.3) is 27.7 Å². The van der Waals surface area contributed by atoms with E-state index in [0.717, 1.165) is 32.2 Å². The maximum Gasteiger partial charge on any atom is 0.123 e. The standard InChI is InChI=1S/C20H13BrFNO/c21-14-3-10-20-18(11-14)19(13-1-4-15(22)5-2-13)12-23(20)16-6-8-17(24)9-7-16/h1-12,24H. The molecule has 0 aliphatic heterocycles. The van der Waals surface area contributed by atoms with Gasteiger partial charge in [-0.3, -0.25) is 0 Å². The molecular weight excluding hydrogens is 369 g/mol. The van der Waals surface area contributed by atoms with Gasteiger partial charge in [0.05, 0.1) is 5.52 Å². The molecule has 4 rings (SSSR count). The molecule has 0 unspecified atom stereocenters. The van der Waals surface area contributed by atoms with Crippen molar-refractivity contribution >= 4 is 26.8 Å². The van der Waals surface area contributed by atoms with Crippen molar-refractivity contribution in [1.82, 2.24) is 4.57 Å². The Labute approximate surface area is 146 Å². The first-order valence-electron chi connectivity index (χ1n) is 7.48. The highest BCUT2D eigenvalue weighted by Gasteiger charge is 2.12. The maximum atomic E-state index is 13.3. The number of phenols is 1. The number of phenolic OH excluding ortho intramolecular Hbond substituents is 1. The molecule has 0 bridgehead atoms. The zero-order valence-electron chi connectivity index (χ0n) is 12.6. The van der Waals surface area contributed by atoms with E-state index in [1.807, 2.05) is 30.5 Å². The molecule has 4 heteroatoms. The first-order valence-corrected chi connectivity index (χ1v) is 8.27. The second-order valence-electron chi connectivity index (χ2n) is 5.60. The van der Waals surface area contributed by atoms with Gasteiger partial charge in [0.1, 0.15) is 11.6 Å². The van der Waals surface area contributed by atoms with Crippen LogP contribution in [0.4, 0.5) is 4.39 Å². The van der Waals surface area contributed by atoms with Crippen molar-refractivity contribution in [3.8, 4) is 22.6 Å². The Kier molecular flexibility index (Phi) is 3.62. The Morgan fingerprint density at radius 1 is 0.875 bits per heavy atom. The Morgan fingerprint density at radius 2 is 1.58 bits per heavy atom. The predicted molar refractivity (Wildman–Crippen MR) is 98.0 cm³/mol. The van der Waals surface area contributed by atoms with Crippen LogP contribution in [-0.4, -0.2) is 9.67 Å². The molecule has 0 spiro atoms. The Morgan fingerprint density at radius 3 is 2.29 bits per heavy atom. The molecule has 118 valence electrons. The first-order chi connectivity index (χ1) is 11.6. The van der Waals surface area contributed by atoms with Crippen LogP contribution in [0.2, 0.25) is 0 Å². The SMILES string of the molecule is Oc1ccc(-n2cc(-c3ccc(F)cc3)c3cc(Br)ccc32)cc1. The smallest absolute Gasteiger partial charge is 0.123 e. The summed E-state index contributed by atoms with van der Waals surface area (Å²) in [4.78, 5) is 0. The number of nitrogens with zero attached hydrogens (tertiary/aromatic N) is 1. The largest absolute Gasteiger partial charge is 0.508 e. The van der Waals surface area contributed by atoms with Gasteiger partial charge in [0.25, 0.3) is 0 Å². The lowest BCUT2D eigenvalue weighted by molar-refractivity contribution is 0.475. The Hall–Kier alpha value is -2.59. The van der Waals surface area contributed by atoms with Gasteiger partial charge in [0.2, 0.25) is 0 Å². The molecule has 1 heterocycles. The second-order valence-corrected chi connectivity index (χ2v) is 6.51. The summed E-state index contributed by atoms with van der Waals surface area (Å²) in [6.07, 6.45) is 2.04. The highest BCUT2D eigenvalue weighted by Crippen LogP contribution is 2.34. The number of halogens is 2. The number of hydrogen-bond donors (Lipinski definition) is 1. The molecule has 0 radical (unpaired) electrons. The van der Waals surface area contributed by atoms with Crippen molar-refractivity contribution in [3.63, 3.8) is 0 Å². The molecule has 0 saturated carbocycles. The summed E-state index contributed by atoms with van der Waals surface area (Å²) in [6, 6.07) is 19.7. The number of rotatable bonds is 2. The Balaban J connectivity index is 1.98. The van der Waals surface area contributed by atoms with E-state index in [0.29, 0.717) is 0 Å². The molecular formula is C20H13BrFNO. The summed E-state index contributed by atoms with van der Waals surface area (Å²) in [7, 11) is 0. The average molecular weight is 382 g/mol. The number of fused-ring (bicyclic) bond motifs is 1. The van der Waals surface area contributed by atoms with Gasteiger partial charge in [-0.25, -0.2) is 4.39 Å². The van der Waals surface area contributed by atoms with Gasteiger partial charge in [0.15, 0.2) is 0 Å². The van der Waals surface area contributed by atoms with E-state index < -0.39 is 0 Å². The normalized spacial score (nSPS) is 11.1. The molecule has 2 nitrogen and oxygen atoms in total. The van der Waals surface area contributed by atoms with E-state index >= 15 is 0 Å². The maximum absolute atomic E-state index is 13.3. The zero-order chi connectivity index (χ0) is 16.7. The van der Waals surface area contributed by atoms with E-state index in [9.17, 15) is 9.50 Å². The van der Waals surface area contributed by atoms with E-state index in [1.165, 1.54) is 12.1 Å². The third-order valence-corrected chi connectivity index (χ3v) is 4.54. The van der Waals surface area contributed by atoms with Gasteiger partial charge < -0.3 is 9.67 Å². The van der Waals surface area contributed by atoms with E-state index in [1.54, 1.807) is 24.3 Å². The van der Waals surface area contributed by atoms with Crippen molar-refractivity contribution in [1.29, 1.82) is 0 Å². The van der Waals surface area contributed by atoms with Crippen LogP contribution >= 0.6 is 15.9 Å². The fourth-order valence-electron chi connectivity index (χ4n) is 2.89. The average Bonchev–Trinajstić information content (AvgIpc) is 2.95. The predicted octanol–water partition coefficient (Wildman–Crippen LogP) is 5.90. The summed E-state index contributed by atoms with van der Waals surface area (Å²) < 4.78 is 16.3. The van der Waals surface area contributed by atoms with E-state index in [-0.39, 0.29) is 11.6 Å². The fraction of sp³-hybridized carbons (Fsp3) is 0. The summed E-state index contributed by atoms with van der Waals surface area (Å²) in [5.74, 6) is -0.0149. The first kappa shape index (κ1) is 15.0. The van der Waals surface area contributed by atoms with E-state index in [4.69, 9.17) is 0 Å². The molecule has 4 aromatic rings. The molecule has 3 aromatic carbocycles. The fourth-order valence-corrected chi connectivity index (χ4v) is 3.25. The zero-order valence-corrected chi connectivity index (χ0v) is 14.2. The number of hydrogen-bond acceptors (Lipinski definition) is 1. The van der Waals surface area contributed by atoms with Crippen molar-refractivity contribution in [2.75, 3.05) is 0 Å². The number of benzene rings is 3. The third kappa shape index (κ3) is 2.59. The highest BCUT2D eigenvalue weighted by molar-refractivity contribution is 9.10. The van der Waals surface area contributed by atoms with Gasteiger partial charge in [0, 0.05) is 27.3 Å². The van der Waals surface area contributed by atoms with Crippen LogP contribution in [0.5, 0.6) is 5.75 Å². The lowest BCUT2D eigenvalue weighted by atomic mass is 10.1. The van der Waals surface area contributed by atoms with Gasteiger partial charge in [-0.1, -0.05) is 28.1 Å². The minimum Gasteiger partial charge on any atom is -0.508 e. The van der Waals surface area contributed by atoms with Gasteiger partial charge in [-0.05, 0) is 60.2 Å². The summed E-state index contributed by atoms with van der Waals surface area (Å²) in [5.41, 5.74) is 3.98. The Bertz CT molecular complexity index is 1020. The van der Waals surface area contributed by atoms with Crippen molar-refractivity contribution in [2.45, 2.75) is 0 Å². The van der Waals surface area contributed by atoms with Crippen molar-refractivity contribution in [3.05, 3.63) is 83.2 Å². The van der Waals surface area contributed by atoms with Gasteiger partial charge >= 0.3 is 0 Å². The molecule has 0 saturated heterocycles. The lowest BCUT2D eigenvalue weighted by Gasteiger charge is -2.05. The van der Waals surface area contributed by atoms with E-state index in [2.05, 4.69) is 26.6 Å². The molecule has 0 aliphatic carbocycles. The molecule has 0 fully saturated rings. The molecule has 0 atom stereocenters. The third-order valence-electron chi connectivity index (χ3n) is 4.05. The summed E-state index contributed by atoms with van der Waals surface area (Å²) >= 11 is 3.52. The molecule has 1 aromatic heterocycles. The topological polar surface area (TPSA) is 25.2 Å². The highest BCUT2D eigenvalue weighted by atomic mass is 79.9. The second kappa shape index (κ2) is 5.80. The lowest BCUT2D eigenvalue weighted by Crippen LogP contribution is -1.90. The van der Waals surface area contributed by atoms with Crippen LogP contribution in [0.3, 0.4) is 0 Å². The molecule has 0 aliphatic rings. The molecule has 24 heavy (non-hydrogen) atoms. The number of aromatic nitrogens is 1. The van der Waals surface area contributed by atoms with Crippen molar-refractivity contribution in [2.24, 2.45) is 0 Å². The number of aromatic hydroxyl groups is 1. The quantitative estimate of drug-likeness (QED) is 0.459. The summed E-state index contributed by atoms with van der Waals surface area (Å²) in [5, 5.41) is 10.6. The van der Waals surface area contributed by atoms with Gasteiger partial charge in [-0.2, -0.15) is 0 Å². The van der Waals surface area contributed by atoms with Crippen LogP contribution in [0, 0.1) is 5.82 Å². The minimum atomic E-state index is -0.248. The van der Waals surface area contributed by atoms with Crippen LogP contribution in [0.15, 0.2) is 77.4 Å². The van der Waals surface area contributed by atoms with Crippen LogP contribution < -0.4 is 0 Å².